The molecule has 5 heteroatoms. The zero-order valence-electron chi connectivity index (χ0n) is 10.5. The maximum Gasteiger partial charge on any atom is 0.122 e. The number of nitrogens with zero attached hydrogens (tertiary/aromatic N) is 4. The summed E-state index contributed by atoms with van der Waals surface area (Å²) in [4.78, 5) is 2.71. The molecule has 0 aliphatic carbocycles. The van der Waals surface area contributed by atoms with Crippen molar-refractivity contribution in [3.05, 3.63) is 46.3 Å². The lowest BCUT2D eigenvalue weighted by molar-refractivity contribution is 0.647. The first-order valence-electron chi connectivity index (χ1n) is 5.89. The van der Waals surface area contributed by atoms with Gasteiger partial charge in [-0.25, -0.2) is 0 Å². The molecule has 0 aliphatic heterocycles. The van der Waals surface area contributed by atoms with Crippen molar-refractivity contribution in [1.82, 2.24) is 10.2 Å². The third-order valence-electron chi connectivity index (χ3n) is 2.61. The Bertz CT molecular complexity index is 561. The monoisotopic (exact) mass is 241 g/mol. The minimum Gasteiger partial charge on any atom is -0.275 e. The zero-order valence-corrected chi connectivity index (χ0v) is 10.5. The SMILES string of the molecule is CC(C)Cc1ccc(-c2cc(N=[N+]=[N-])[nH]n2)cc1. The Morgan fingerprint density at radius 1 is 1.33 bits per heavy atom. The third kappa shape index (κ3) is 2.90. The fourth-order valence-electron chi connectivity index (χ4n) is 1.84. The Balaban J connectivity index is 2.20. The number of hydrogen-bond acceptors (Lipinski definition) is 2. The van der Waals surface area contributed by atoms with E-state index < -0.39 is 0 Å². The lowest BCUT2D eigenvalue weighted by Gasteiger charge is -2.05. The summed E-state index contributed by atoms with van der Waals surface area (Å²) in [6, 6.07) is 10.0. The Morgan fingerprint density at radius 2 is 2.06 bits per heavy atom. The summed E-state index contributed by atoms with van der Waals surface area (Å²) in [6.45, 7) is 4.40. The number of aromatic nitrogens is 2. The molecule has 1 aromatic carbocycles. The van der Waals surface area contributed by atoms with E-state index in [1.807, 2.05) is 12.1 Å². The minimum atomic E-state index is 0.429. The van der Waals surface area contributed by atoms with E-state index in [1.54, 1.807) is 6.07 Å². The molecular weight excluding hydrogens is 226 g/mol. The second-order valence-electron chi connectivity index (χ2n) is 4.62. The van der Waals surface area contributed by atoms with Crippen LogP contribution in [0.1, 0.15) is 19.4 Å². The summed E-state index contributed by atoms with van der Waals surface area (Å²) in [5.41, 5.74) is 11.4. The summed E-state index contributed by atoms with van der Waals surface area (Å²) in [5.74, 6) is 1.08. The number of H-pyrrole nitrogens is 1. The van der Waals surface area contributed by atoms with E-state index in [4.69, 9.17) is 5.53 Å². The van der Waals surface area contributed by atoms with Gasteiger partial charge in [-0.15, -0.1) is 0 Å². The van der Waals surface area contributed by atoms with Crippen LogP contribution in [0.15, 0.2) is 35.4 Å². The van der Waals surface area contributed by atoms with E-state index in [0.717, 1.165) is 17.7 Å². The van der Waals surface area contributed by atoms with Gasteiger partial charge in [0.1, 0.15) is 5.82 Å². The number of benzene rings is 1. The minimum absolute atomic E-state index is 0.429. The summed E-state index contributed by atoms with van der Waals surface area (Å²) in [7, 11) is 0. The summed E-state index contributed by atoms with van der Waals surface area (Å²) >= 11 is 0. The van der Waals surface area contributed by atoms with Crippen molar-refractivity contribution in [2.24, 2.45) is 11.0 Å². The van der Waals surface area contributed by atoms with Crippen LogP contribution >= 0.6 is 0 Å². The Kier molecular flexibility index (Phi) is 3.65. The average molecular weight is 241 g/mol. The summed E-state index contributed by atoms with van der Waals surface area (Å²) < 4.78 is 0. The van der Waals surface area contributed by atoms with Crippen LogP contribution < -0.4 is 0 Å². The van der Waals surface area contributed by atoms with E-state index in [-0.39, 0.29) is 0 Å². The fourth-order valence-corrected chi connectivity index (χ4v) is 1.84. The molecule has 2 rings (SSSR count). The first-order chi connectivity index (χ1) is 8.69. The van der Waals surface area contributed by atoms with Crippen molar-refractivity contribution >= 4 is 5.82 Å². The lowest BCUT2D eigenvalue weighted by atomic mass is 10.0. The molecule has 18 heavy (non-hydrogen) atoms. The molecule has 92 valence electrons. The summed E-state index contributed by atoms with van der Waals surface area (Å²) in [5, 5.41) is 10.3. The van der Waals surface area contributed by atoms with E-state index in [0.29, 0.717) is 11.7 Å². The number of aromatic amines is 1. The first-order valence-corrected chi connectivity index (χ1v) is 5.89. The van der Waals surface area contributed by atoms with Crippen LogP contribution in [-0.4, -0.2) is 10.2 Å². The normalized spacial score (nSPS) is 10.4. The number of nitrogens with one attached hydrogen (secondary N) is 1. The lowest BCUT2D eigenvalue weighted by Crippen LogP contribution is -1.93. The van der Waals surface area contributed by atoms with Crippen molar-refractivity contribution < 1.29 is 0 Å². The van der Waals surface area contributed by atoms with Gasteiger partial charge in [0.05, 0.1) is 5.69 Å². The van der Waals surface area contributed by atoms with Crippen molar-refractivity contribution in [3.8, 4) is 11.3 Å². The number of azide groups is 1. The molecule has 2 aromatic rings. The first kappa shape index (κ1) is 12.2. The molecule has 0 saturated heterocycles. The molecule has 0 aliphatic rings. The molecule has 0 radical (unpaired) electrons. The van der Waals surface area contributed by atoms with E-state index in [2.05, 4.69) is 46.2 Å². The van der Waals surface area contributed by atoms with Gasteiger partial charge in [-0.2, -0.15) is 5.10 Å². The van der Waals surface area contributed by atoms with Gasteiger partial charge in [0.2, 0.25) is 0 Å². The molecule has 0 bridgehead atoms. The molecule has 0 atom stereocenters. The molecule has 0 spiro atoms. The van der Waals surface area contributed by atoms with Crippen molar-refractivity contribution in [2.45, 2.75) is 20.3 Å². The molecule has 0 saturated carbocycles. The Hall–Kier alpha value is -2.26. The van der Waals surface area contributed by atoms with Gasteiger partial charge in [-0.3, -0.25) is 5.10 Å². The predicted molar refractivity (Wildman–Crippen MR) is 71.4 cm³/mol. The van der Waals surface area contributed by atoms with E-state index in [9.17, 15) is 0 Å². The number of hydrogen-bond donors (Lipinski definition) is 1. The predicted octanol–water partition coefficient (Wildman–Crippen LogP) is 4.22. The van der Waals surface area contributed by atoms with Gasteiger partial charge in [-0.05, 0) is 34.6 Å². The van der Waals surface area contributed by atoms with Crippen LogP contribution in [0.5, 0.6) is 0 Å². The van der Waals surface area contributed by atoms with Crippen LogP contribution in [0.4, 0.5) is 5.82 Å². The van der Waals surface area contributed by atoms with Crippen LogP contribution in [0.3, 0.4) is 0 Å². The van der Waals surface area contributed by atoms with E-state index >= 15 is 0 Å². The highest BCUT2D eigenvalue weighted by Crippen LogP contribution is 2.22. The zero-order chi connectivity index (χ0) is 13.0. The van der Waals surface area contributed by atoms with Crippen LogP contribution in [0.2, 0.25) is 0 Å². The molecule has 1 aromatic heterocycles. The highest BCUT2D eigenvalue weighted by atomic mass is 15.2. The molecule has 1 heterocycles. The molecule has 0 fully saturated rings. The molecule has 0 unspecified atom stereocenters. The highest BCUT2D eigenvalue weighted by molar-refractivity contribution is 5.62. The maximum atomic E-state index is 8.33. The van der Waals surface area contributed by atoms with Crippen LogP contribution in [0.25, 0.3) is 21.7 Å². The Labute approximate surface area is 105 Å². The van der Waals surface area contributed by atoms with Crippen molar-refractivity contribution in [1.29, 1.82) is 0 Å². The van der Waals surface area contributed by atoms with Crippen LogP contribution in [-0.2, 0) is 6.42 Å². The standard InChI is InChI=1S/C13H15N5/c1-9(2)7-10-3-5-11(6-4-10)12-8-13(16-15-12)17-18-14/h3-6,8-9H,7H2,1-2H3,(H,15,16). The Morgan fingerprint density at radius 3 is 2.67 bits per heavy atom. The maximum absolute atomic E-state index is 8.33. The van der Waals surface area contributed by atoms with Crippen molar-refractivity contribution in [3.63, 3.8) is 0 Å². The van der Waals surface area contributed by atoms with E-state index in [1.165, 1.54) is 5.56 Å². The highest BCUT2D eigenvalue weighted by Gasteiger charge is 2.03. The molecule has 1 N–H and O–H groups in total. The second-order valence-corrected chi connectivity index (χ2v) is 4.62. The van der Waals surface area contributed by atoms with Gasteiger partial charge < -0.3 is 0 Å². The number of rotatable bonds is 4. The largest absolute Gasteiger partial charge is 0.275 e. The summed E-state index contributed by atoms with van der Waals surface area (Å²) in [6.07, 6.45) is 1.07. The van der Waals surface area contributed by atoms with Gasteiger partial charge in [-0.1, -0.05) is 38.1 Å². The topological polar surface area (TPSA) is 77.4 Å². The van der Waals surface area contributed by atoms with Gasteiger partial charge in [0, 0.05) is 10.5 Å². The molecule has 0 amide bonds. The smallest absolute Gasteiger partial charge is 0.122 e. The fraction of sp³-hybridized carbons (Fsp3) is 0.308. The van der Waals surface area contributed by atoms with Gasteiger partial charge >= 0.3 is 0 Å². The average Bonchev–Trinajstić information content (AvgIpc) is 2.78. The third-order valence-corrected chi connectivity index (χ3v) is 2.61. The molecule has 5 nitrogen and oxygen atoms in total. The quantitative estimate of drug-likeness (QED) is 0.485. The van der Waals surface area contributed by atoms with Crippen LogP contribution in [0, 0.1) is 5.92 Å². The van der Waals surface area contributed by atoms with Gasteiger partial charge in [0.15, 0.2) is 0 Å². The van der Waals surface area contributed by atoms with Gasteiger partial charge in [0.25, 0.3) is 0 Å². The molecular formula is C13H15N5. The van der Waals surface area contributed by atoms with Crippen molar-refractivity contribution in [2.75, 3.05) is 0 Å². The second kappa shape index (κ2) is 5.38.